The highest BCUT2D eigenvalue weighted by atomic mass is 16.2. The highest BCUT2D eigenvalue weighted by molar-refractivity contribution is 6.36. The summed E-state index contributed by atoms with van der Waals surface area (Å²) < 4.78 is 0. The van der Waals surface area contributed by atoms with Gasteiger partial charge < -0.3 is 5.32 Å². The fourth-order valence-corrected chi connectivity index (χ4v) is 0.944. The second-order valence-electron chi connectivity index (χ2n) is 3.27. The lowest BCUT2D eigenvalue weighted by molar-refractivity contribution is -0.138. The molecule has 0 spiro atoms. The number of nitrogens with one attached hydrogen (secondary N) is 1. The summed E-state index contributed by atoms with van der Waals surface area (Å²) in [6.07, 6.45) is 4.24. The van der Waals surface area contributed by atoms with Crippen molar-refractivity contribution in [1.29, 1.82) is 0 Å². The summed E-state index contributed by atoms with van der Waals surface area (Å²) in [6.45, 7) is 6.01. The third kappa shape index (κ3) is 5.73. The van der Waals surface area contributed by atoms with Gasteiger partial charge in [-0.25, -0.2) is 0 Å². The van der Waals surface area contributed by atoms with E-state index in [0.717, 1.165) is 25.7 Å². The summed E-state index contributed by atoms with van der Waals surface area (Å²) in [4.78, 5) is 22.1. The van der Waals surface area contributed by atoms with E-state index in [1.54, 1.807) is 0 Å². The molecule has 0 bridgehead atoms. The monoisotopic (exact) mass is 199 g/mol. The Kier molecular flexibility index (Phi) is 7.07. The summed E-state index contributed by atoms with van der Waals surface area (Å²) in [6, 6.07) is 0.295. The van der Waals surface area contributed by atoms with Crippen LogP contribution >= 0.6 is 0 Å². The molecular weight excluding hydrogens is 178 g/mol. The average Bonchev–Trinajstić information content (AvgIpc) is 3.01. The first kappa shape index (κ1) is 13.1. The maximum atomic E-state index is 11.1. The minimum absolute atomic E-state index is 0.260. The molecule has 0 aromatic heterocycles. The summed E-state index contributed by atoms with van der Waals surface area (Å²) >= 11 is 0. The van der Waals surface area contributed by atoms with E-state index in [0.29, 0.717) is 12.5 Å². The third-order valence-corrected chi connectivity index (χ3v) is 1.92. The van der Waals surface area contributed by atoms with E-state index in [4.69, 9.17) is 0 Å². The van der Waals surface area contributed by atoms with E-state index >= 15 is 0 Å². The van der Waals surface area contributed by atoms with E-state index in [9.17, 15) is 9.59 Å². The molecule has 1 rings (SSSR count). The molecule has 0 heterocycles. The first-order valence-corrected chi connectivity index (χ1v) is 5.57. The molecule has 3 heteroatoms. The fraction of sp³-hybridized carbons (Fsp3) is 0.818. The van der Waals surface area contributed by atoms with Crippen LogP contribution in [0.5, 0.6) is 0 Å². The van der Waals surface area contributed by atoms with Crippen LogP contribution in [0, 0.1) is 0 Å². The van der Waals surface area contributed by atoms with Crippen molar-refractivity contribution in [2.75, 3.05) is 0 Å². The Balaban J connectivity index is 0.000000791. The van der Waals surface area contributed by atoms with Gasteiger partial charge in [-0.1, -0.05) is 27.2 Å². The van der Waals surface area contributed by atoms with Gasteiger partial charge >= 0.3 is 0 Å². The van der Waals surface area contributed by atoms with Crippen molar-refractivity contribution in [2.45, 2.75) is 58.9 Å². The van der Waals surface area contributed by atoms with E-state index in [-0.39, 0.29) is 11.7 Å². The zero-order chi connectivity index (χ0) is 11.0. The summed E-state index contributed by atoms with van der Waals surface area (Å²) in [5.41, 5.74) is 0. The third-order valence-electron chi connectivity index (χ3n) is 1.92. The van der Waals surface area contributed by atoms with Crippen LogP contribution in [0.4, 0.5) is 0 Å². The number of carbonyl (C=O) groups excluding carboxylic acids is 2. The molecule has 1 N–H and O–H groups in total. The Morgan fingerprint density at radius 2 is 1.86 bits per heavy atom. The summed E-state index contributed by atoms with van der Waals surface area (Å²) in [5.74, 6) is -0.644. The quantitative estimate of drug-likeness (QED) is 0.689. The molecular formula is C11H21NO2. The number of ketones is 1. The minimum Gasteiger partial charge on any atom is -0.347 e. The minimum atomic E-state index is -0.383. The maximum absolute atomic E-state index is 11.1. The first-order chi connectivity index (χ1) is 6.74. The van der Waals surface area contributed by atoms with Crippen molar-refractivity contribution in [3.8, 4) is 0 Å². The van der Waals surface area contributed by atoms with Gasteiger partial charge in [0.15, 0.2) is 0 Å². The van der Waals surface area contributed by atoms with E-state index in [1.165, 1.54) is 0 Å². The van der Waals surface area contributed by atoms with Crippen LogP contribution in [-0.4, -0.2) is 17.7 Å². The predicted octanol–water partition coefficient (Wildman–Crippen LogP) is 2.05. The second-order valence-corrected chi connectivity index (χ2v) is 3.27. The second kappa shape index (κ2) is 7.54. The molecule has 1 saturated carbocycles. The Labute approximate surface area is 86.3 Å². The number of hydrogen-bond donors (Lipinski definition) is 1. The molecule has 1 fully saturated rings. The molecule has 3 nitrogen and oxygen atoms in total. The Hall–Kier alpha value is -0.860. The zero-order valence-corrected chi connectivity index (χ0v) is 9.43. The number of rotatable bonds is 5. The highest BCUT2D eigenvalue weighted by Crippen LogP contribution is 2.18. The van der Waals surface area contributed by atoms with Crippen molar-refractivity contribution < 1.29 is 9.59 Å². The van der Waals surface area contributed by atoms with Gasteiger partial charge in [-0.05, 0) is 19.3 Å². The van der Waals surface area contributed by atoms with Gasteiger partial charge in [0.2, 0.25) is 5.78 Å². The predicted molar refractivity (Wildman–Crippen MR) is 57.0 cm³/mol. The maximum Gasteiger partial charge on any atom is 0.287 e. The van der Waals surface area contributed by atoms with Crippen LogP contribution in [0.3, 0.4) is 0 Å². The average molecular weight is 199 g/mol. The van der Waals surface area contributed by atoms with Gasteiger partial charge in [0, 0.05) is 12.5 Å². The van der Waals surface area contributed by atoms with Crippen LogP contribution in [0.1, 0.15) is 52.9 Å². The molecule has 1 aliphatic rings. The number of amides is 1. The Morgan fingerprint density at radius 3 is 2.29 bits per heavy atom. The molecule has 0 atom stereocenters. The standard InChI is InChI=1S/C9H15NO2.C2H6/c1-2-3-4-8(11)9(12)10-7-5-6-7;1-2/h7H,2-6H2,1H3,(H,10,12);1-2H3. The van der Waals surface area contributed by atoms with Crippen molar-refractivity contribution in [1.82, 2.24) is 5.32 Å². The van der Waals surface area contributed by atoms with Gasteiger partial charge in [-0.2, -0.15) is 0 Å². The molecule has 1 amide bonds. The lowest BCUT2D eigenvalue weighted by atomic mass is 10.2. The molecule has 82 valence electrons. The van der Waals surface area contributed by atoms with Gasteiger partial charge in [-0.15, -0.1) is 0 Å². The van der Waals surface area contributed by atoms with E-state index < -0.39 is 0 Å². The molecule has 0 saturated heterocycles. The molecule has 0 aromatic carbocycles. The molecule has 1 aliphatic carbocycles. The lowest BCUT2D eigenvalue weighted by Gasteiger charge is -2.00. The van der Waals surface area contributed by atoms with E-state index in [2.05, 4.69) is 5.32 Å². The number of hydrogen-bond acceptors (Lipinski definition) is 2. The van der Waals surface area contributed by atoms with Crippen LogP contribution < -0.4 is 5.32 Å². The SMILES string of the molecule is CC.CCCCC(=O)C(=O)NC1CC1. The highest BCUT2D eigenvalue weighted by Gasteiger charge is 2.25. The molecule has 0 unspecified atom stereocenters. The van der Waals surface area contributed by atoms with Gasteiger partial charge in [0.25, 0.3) is 5.91 Å². The topological polar surface area (TPSA) is 46.2 Å². The largest absolute Gasteiger partial charge is 0.347 e. The molecule has 0 aromatic rings. The molecule has 0 aliphatic heterocycles. The van der Waals surface area contributed by atoms with Crippen molar-refractivity contribution in [3.63, 3.8) is 0 Å². The smallest absolute Gasteiger partial charge is 0.287 e. The van der Waals surface area contributed by atoms with E-state index in [1.807, 2.05) is 20.8 Å². The Bertz CT molecular complexity index is 186. The van der Waals surface area contributed by atoms with Gasteiger partial charge in [-0.3, -0.25) is 9.59 Å². The lowest BCUT2D eigenvalue weighted by Crippen LogP contribution is -2.32. The zero-order valence-electron chi connectivity index (χ0n) is 9.43. The number of Topliss-reactive ketones (excluding diaryl/α,β-unsaturated/α-hetero) is 1. The normalized spacial score (nSPS) is 13.9. The van der Waals surface area contributed by atoms with Crippen molar-refractivity contribution in [3.05, 3.63) is 0 Å². The van der Waals surface area contributed by atoms with Crippen LogP contribution in [0.25, 0.3) is 0 Å². The van der Waals surface area contributed by atoms with Crippen LogP contribution in [0.2, 0.25) is 0 Å². The Morgan fingerprint density at radius 1 is 1.29 bits per heavy atom. The van der Waals surface area contributed by atoms with Crippen molar-refractivity contribution in [2.24, 2.45) is 0 Å². The van der Waals surface area contributed by atoms with Crippen molar-refractivity contribution >= 4 is 11.7 Å². The summed E-state index contributed by atoms with van der Waals surface area (Å²) in [5, 5.41) is 2.67. The summed E-state index contributed by atoms with van der Waals surface area (Å²) in [7, 11) is 0. The first-order valence-electron chi connectivity index (χ1n) is 5.57. The van der Waals surface area contributed by atoms with Gasteiger partial charge in [0.1, 0.15) is 0 Å². The molecule has 0 radical (unpaired) electrons. The van der Waals surface area contributed by atoms with Crippen LogP contribution in [-0.2, 0) is 9.59 Å². The number of unbranched alkanes of at least 4 members (excludes halogenated alkanes) is 1. The fourth-order valence-electron chi connectivity index (χ4n) is 0.944. The van der Waals surface area contributed by atoms with Crippen LogP contribution in [0.15, 0.2) is 0 Å². The van der Waals surface area contributed by atoms with Gasteiger partial charge in [0.05, 0.1) is 0 Å². The number of carbonyl (C=O) groups is 2. The molecule has 14 heavy (non-hydrogen) atoms.